The van der Waals surface area contributed by atoms with Gasteiger partial charge in [0.15, 0.2) is 0 Å². The molecule has 1 aliphatic heterocycles. The van der Waals surface area contributed by atoms with Gasteiger partial charge >= 0.3 is 5.69 Å². The van der Waals surface area contributed by atoms with Crippen LogP contribution < -0.4 is 21.6 Å². The van der Waals surface area contributed by atoms with Gasteiger partial charge in [-0.05, 0) is 41.8 Å². The van der Waals surface area contributed by atoms with E-state index in [0.29, 0.717) is 12.1 Å². The average Bonchev–Trinajstić information content (AvgIpc) is 3.17. The third-order valence-electron chi connectivity index (χ3n) is 5.46. The van der Waals surface area contributed by atoms with Crippen molar-refractivity contribution in [2.24, 2.45) is 5.73 Å². The Balaban J connectivity index is 1.56. The summed E-state index contributed by atoms with van der Waals surface area (Å²) < 4.78 is 15.3. The highest BCUT2D eigenvalue weighted by molar-refractivity contribution is 5.67. The molecule has 2 aromatic heterocycles. The highest BCUT2D eigenvalue weighted by atomic mass is 19.1. The van der Waals surface area contributed by atoms with Gasteiger partial charge in [-0.25, -0.2) is 23.4 Å². The van der Waals surface area contributed by atoms with E-state index in [9.17, 15) is 9.18 Å². The summed E-state index contributed by atoms with van der Waals surface area (Å²) in [6, 6.07) is 10.4. The second-order valence-electron chi connectivity index (χ2n) is 7.56. The molecule has 8 nitrogen and oxygen atoms in total. The van der Waals surface area contributed by atoms with E-state index in [1.807, 2.05) is 13.0 Å². The zero-order valence-corrected chi connectivity index (χ0v) is 17.5. The van der Waals surface area contributed by atoms with Crippen molar-refractivity contribution in [1.82, 2.24) is 24.6 Å². The van der Waals surface area contributed by atoms with Crippen molar-refractivity contribution in [3.63, 3.8) is 0 Å². The first kappa shape index (κ1) is 21.0. The van der Waals surface area contributed by atoms with E-state index in [0.717, 1.165) is 42.9 Å². The number of nitrogens with two attached hydrogens (primary N) is 1. The molecule has 0 saturated carbocycles. The molecule has 31 heavy (non-hydrogen) atoms. The molecular weight excluding hydrogens is 397 g/mol. The first-order chi connectivity index (χ1) is 15.1. The summed E-state index contributed by atoms with van der Waals surface area (Å²) in [5.74, 6) is 0.496. The molecule has 9 heteroatoms. The normalized spacial score (nSPS) is 14.8. The molecule has 0 radical (unpaired) electrons. The fourth-order valence-electron chi connectivity index (χ4n) is 3.69. The molecule has 3 heterocycles. The molecule has 1 saturated heterocycles. The quantitative estimate of drug-likeness (QED) is 0.626. The number of piperazine rings is 1. The van der Waals surface area contributed by atoms with Gasteiger partial charge in [0.1, 0.15) is 12.1 Å². The average molecular weight is 423 g/mol. The highest BCUT2D eigenvalue weighted by Crippen LogP contribution is 2.25. The SMILES string of the molecule is Cc1cc(-c2ccc(N3CCNCC3)cc2)cnc1-n1cnn(C/C(=C/F)CN)c1=O. The van der Waals surface area contributed by atoms with E-state index >= 15 is 0 Å². The predicted octanol–water partition coefficient (Wildman–Crippen LogP) is 1.63. The van der Waals surface area contributed by atoms with Crippen LogP contribution in [0, 0.1) is 6.92 Å². The Morgan fingerprint density at radius 1 is 1.23 bits per heavy atom. The van der Waals surface area contributed by atoms with Gasteiger partial charge < -0.3 is 16.0 Å². The monoisotopic (exact) mass is 423 g/mol. The molecule has 1 aliphatic rings. The van der Waals surface area contributed by atoms with Crippen LogP contribution in [0.1, 0.15) is 5.56 Å². The molecule has 1 fully saturated rings. The standard InChI is InChI=1S/C22H26FN7O/c1-16-10-19(18-2-4-20(5-3-18)28-8-6-25-7-9-28)13-26-21(16)29-15-27-30(22(29)31)14-17(11-23)12-24/h2-5,10-11,13,15,25H,6-9,12,14,24H2,1H3/b17-11+. The van der Waals surface area contributed by atoms with Crippen LogP contribution in [-0.4, -0.2) is 52.1 Å². The summed E-state index contributed by atoms with van der Waals surface area (Å²) in [6.45, 7) is 5.94. The molecule has 0 unspecified atom stereocenters. The van der Waals surface area contributed by atoms with E-state index in [4.69, 9.17) is 5.73 Å². The van der Waals surface area contributed by atoms with Crippen LogP contribution in [0.15, 0.2) is 59.6 Å². The van der Waals surface area contributed by atoms with Crippen LogP contribution in [0.4, 0.5) is 10.1 Å². The lowest BCUT2D eigenvalue weighted by atomic mass is 10.1. The first-order valence-corrected chi connectivity index (χ1v) is 10.3. The van der Waals surface area contributed by atoms with Crippen molar-refractivity contribution in [3.8, 4) is 16.9 Å². The van der Waals surface area contributed by atoms with Crippen LogP contribution in [-0.2, 0) is 6.54 Å². The molecule has 3 N–H and O–H groups in total. The van der Waals surface area contributed by atoms with Crippen LogP contribution in [0.2, 0.25) is 0 Å². The number of nitrogens with zero attached hydrogens (tertiary/aromatic N) is 5. The summed E-state index contributed by atoms with van der Waals surface area (Å²) in [7, 11) is 0. The van der Waals surface area contributed by atoms with Gasteiger partial charge in [0.2, 0.25) is 0 Å². The molecule has 0 atom stereocenters. The van der Waals surface area contributed by atoms with E-state index in [-0.39, 0.29) is 18.7 Å². The van der Waals surface area contributed by atoms with Crippen molar-refractivity contribution in [2.75, 3.05) is 37.6 Å². The molecule has 0 aliphatic carbocycles. The summed E-state index contributed by atoms with van der Waals surface area (Å²) in [5.41, 5.74) is 9.45. The Labute approximate surface area is 179 Å². The molecule has 3 aromatic rings. The first-order valence-electron chi connectivity index (χ1n) is 10.3. The number of benzene rings is 1. The van der Waals surface area contributed by atoms with Crippen LogP contribution in [0.5, 0.6) is 0 Å². The summed E-state index contributed by atoms with van der Waals surface area (Å²) in [4.78, 5) is 19.5. The van der Waals surface area contributed by atoms with Gasteiger partial charge in [-0.1, -0.05) is 12.1 Å². The third-order valence-corrected chi connectivity index (χ3v) is 5.46. The number of rotatable bonds is 6. The van der Waals surface area contributed by atoms with Crippen molar-refractivity contribution < 1.29 is 4.39 Å². The van der Waals surface area contributed by atoms with Crippen LogP contribution in [0.3, 0.4) is 0 Å². The lowest BCUT2D eigenvalue weighted by molar-refractivity contribution is 0.589. The Hall–Kier alpha value is -3.30. The molecule has 0 spiro atoms. The number of nitrogens with one attached hydrogen (secondary N) is 1. The Morgan fingerprint density at radius 2 is 1.97 bits per heavy atom. The van der Waals surface area contributed by atoms with Crippen molar-refractivity contribution in [1.29, 1.82) is 0 Å². The lowest BCUT2D eigenvalue weighted by Gasteiger charge is -2.29. The van der Waals surface area contributed by atoms with Gasteiger partial charge in [0.05, 0.1) is 12.9 Å². The van der Waals surface area contributed by atoms with Crippen LogP contribution >= 0.6 is 0 Å². The molecule has 0 bridgehead atoms. The Morgan fingerprint density at radius 3 is 2.61 bits per heavy atom. The Kier molecular flexibility index (Phi) is 6.24. The number of aryl methyl sites for hydroxylation is 1. The minimum Gasteiger partial charge on any atom is -0.369 e. The number of hydrogen-bond donors (Lipinski definition) is 2. The van der Waals surface area contributed by atoms with Gasteiger partial charge in [0, 0.05) is 50.2 Å². The third kappa shape index (κ3) is 4.42. The largest absolute Gasteiger partial charge is 0.369 e. The zero-order valence-electron chi connectivity index (χ0n) is 17.5. The van der Waals surface area contributed by atoms with Gasteiger partial charge in [-0.15, -0.1) is 0 Å². The van der Waals surface area contributed by atoms with E-state index < -0.39 is 5.69 Å². The molecular formula is C22H26FN7O. The lowest BCUT2D eigenvalue weighted by Crippen LogP contribution is -2.43. The molecule has 162 valence electrons. The maximum absolute atomic E-state index is 12.8. The second-order valence-corrected chi connectivity index (χ2v) is 7.56. The maximum atomic E-state index is 12.8. The smallest absolute Gasteiger partial charge is 0.351 e. The van der Waals surface area contributed by atoms with Crippen molar-refractivity contribution in [2.45, 2.75) is 13.5 Å². The van der Waals surface area contributed by atoms with Gasteiger partial charge in [-0.3, -0.25) is 0 Å². The topological polar surface area (TPSA) is 94.0 Å². The van der Waals surface area contributed by atoms with E-state index in [1.54, 1.807) is 6.20 Å². The molecule has 1 aromatic carbocycles. The number of halogens is 1. The number of pyridine rings is 1. The van der Waals surface area contributed by atoms with Gasteiger partial charge in [-0.2, -0.15) is 5.10 Å². The second kappa shape index (κ2) is 9.23. The van der Waals surface area contributed by atoms with Crippen LogP contribution in [0.25, 0.3) is 16.9 Å². The molecule has 0 amide bonds. The predicted molar refractivity (Wildman–Crippen MR) is 119 cm³/mol. The van der Waals surface area contributed by atoms with E-state index in [2.05, 4.69) is 44.6 Å². The zero-order chi connectivity index (χ0) is 21.8. The number of hydrogen-bond acceptors (Lipinski definition) is 6. The minimum absolute atomic E-state index is 0.00932. The summed E-state index contributed by atoms with van der Waals surface area (Å²) in [5, 5.41) is 7.42. The number of anilines is 1. The summed E-state index contributed by atoms with van der Waals surface area (Å²) in [6.07, 6.45) is 3.56. The molecule has 4 rings (SSSR count). The fourth-order valence-corrected chi connectivity index (χ4v) is 3.69. The van der Waals surface area contributed by atoms with Crippen molar-refractivity contribution in [3.05, 3.63) is 70.8 Å². The summed E-state index contributed by atoms with van der Waals surface area (Å²) >= 11 is 0. The highest BCUT2D eigenvalue weighted by Gasteiger charge is 2.13. The number of aromatic nitrogens is 4. The fraction of sp³-hybridized carbons (Fsp3) is 0.318. The Bertz CT molecular complexity index is 1130. The van der Waals surface area contributed by atoms with Crippen molar-refractivity contribution >= 4 is 5.69 Å². The van der Waals surface area contributed by atoms with Gasteiger partial charge in [0.25, 0.3) is 0 Å². The maximum Gasteiger partial charge on any atom is 0.351 e. The van der Waals surface area contributed by atoms with E-state index in [1.165, 1.54) is 21.3 Å². The minimum atomic E-state index is -0.392.